The van der Waals surface area contributed by atoms with Gasteiger partial charge < -0.3 is 40.2 Å². The lowest BCUT2D eigenvalue weighted by molar-refractivity contribution is -0.131. The van der Waals surface area contributed by atoms with Gasteiger partial charge in [-0.15, -0.1) is 0 Å². The van der Waals surface area contributed by atoms with Gasteiger partial charge in [0.1, 0.15) is 37.2 Å². The molecule has 10 heteroatoms. The first-order valence-corrected chi connectivity index (χ1v) is 7.01. The molecule has 1 rings (SSSR count). The summed E-state index contributed by atoms with van der Waals surface area (Å²) in [7, 11) is 0. The van der Waals surface area contributed by atoms with Crippen molar-refractivity contribution in [2.24, 2.45) is 0 Å². The number of aliphatic hydroxyl groups excluding tert-OH is 4. The molecule has 0 saturated carbocycles. The number of aldehydes is 1. The van der Waals surface area contributed by atoms with Crippen molar-refractivity contribution in [2.45, 2.75) is 37.8 Å². The number of rotatable bonds is 8. The number of pyridine rings is 1. The van der Waals surface area contributed by atoms with E-state index in [1.807, 2.05) is 0 Å². The number of carbonyl (C=O) groups is 2. The van der Waals surface area contributed by atoms with Gasteiger partial charge in [-0.25, -0.2) is 0 Å². The second-order valence-electron chi connectivity index (χ2n) is 5.20. The highest BCUT2D eigenvalue weighted by Crippen LogP contribution is 2.09. The zero-order valence-corrected chi connectivity index (χ0v) is 12.9. The number of nitrogens with zero attached hydrogens (tertiary/aromatic N) is 1. The Balaban J connectivity index is 2.80. The average Bonchev–Trinajstić information content (AvgIpc) is 2.58. The number of nitrogens with one attached hydrogen (secondary N) is 1. The van der Waals surface area contributed by atoms with Gasteiger partial charge >= 0.3 is 0 Å². The third kappa shape index (κ3) is 4.61. The Labute approximate surface area is 136 Å². The Morgan fingerprint density at radius 1 is 1.33 bits per heavy atom. The van der Waals surface area contributed by atoms with Crippen LogP contribution in [-0.4, -0.2) is 73.3 Å². The van der Waals surface area contributed by atoms with E-state index >= 15 is 0 Å². The minimum atomic E-state index is -1.84. The van der Waals surface area contributed by atoms with Crippen LogP contribution < -0.4 is 10.7 Å². The molecule has 0 aliphatic rings. The molecule has 4 atom stereocenters. The molecular formula is C14H20N2O8. The Kier molecular flexibility index (Phi) is 7.04. The number of hydrogen-bond donors (Lipinski definition) is 6. The van der Waals surface area contributed by atoms with E-state index in [0.717, 1.165) is 6.07 Å². The van der Waals surface area contributed by atoms with Crippen molar-refractivity contribution in [1.29, 1.82) is 0 Å². The quantitative estimate of drug-likeness (QED) is 0.265. The smallest absolute Gasteiger partial charge is 0.240 e. The van der Waals surface area contributed by atoms with Gasteiger partial charge in [-0.05, 0) is 6.92 Å². The van der Waals surface area contributed by atoms with Crippen molar-refractivity contribution >= 4 is 12.2 Å². The molecular weight excluding hydrogens is 324 g/mol. The van der Waals surface area contributed by atoms with Crippen molar-refractivity contribution < 1.29 is 35.1 Å². The summed E-state index contributed by atoms with van der Waals surface area (Å²) >= 11 is 0. The van der Waals surface area contributed by atoms with E-state index in [-0.39, 0.29) is 18.5 Å². The largest absolute Gasteiger partial charge is 0.503 e. The van der Waals surface area contributed by atoms with E-state index in [1.54, 1.807) is 0 Å². The molecule has 0 aliphatic heterocycles. The first-order valence-electron chi connectivity index (χ1n) is 7.01. The van der Waals surface area contributed by atoms with Gasteiger partial charge in [0.15, 0.2) is 5.75 Å². The summed E-state index contributed by atoms with van der Waals surface area (Å²) < 4.78 is 1.25. The highest BCUT2D eigenvalue weighted by Gasteiger charge is 2.32. The molecule has 0 spiro atoms. The van der Waals surface area contributed by atoms with E-state index in [2.05, 4.69) is 5.32 Å². The van der Waals surface area contributed by atoms with Crippen molar-refractivity contribution in [3.05, 3.63) is 28.2 Å². The van der Waals surface area contributed by atoms with Crippen LogP contribution in [0.4, 0.5) is 0 Å². The predicted octanol–water partition coefficient (Wildman–Crippen LogP) is -3.38. The van der Waals surface area contributed by atoms with E-state index in [9.17, 15) is 34.8 Å². The molecule has 1 amide bonds. The van der Waals surface area contributed by atoms with E-state index in [0.29, 0.717) is 0 Å². The number of amides is 1. The maximum atomic E-state index is 11.9. The maximum Gasteiger partial charge on any atom is 0.240 e. The topological polar surface area (TPSA) is 169 Å². The van der Waals surface area contributed by atoms with Crippen LogP contribution in [0.5, 0.6) is 5.75 Å². The molecule has 24 heavy (non-hydrogen) atoms. The Bertz CT molecular complexity index is 644. The summed E-state index contributed by atoms with van der Waals surface area (Å²) in [5, 5.41) is 49.0. The molecule has 6 N–H and O–H groups in total. The van der Waals surface area contributed by atoms with Gasteiger partial charge in [0, 0.05) is 12.3 Å². The Morgan fingerprint density at radius 2 is 1.96 bits per heavy atom. The fourth-order valence-corrected chi connectivity index (χ4v) is 1.97. The minimum absolute atomic E-state index is 0.136. The first-order chi connectivity index (χ1) is 11.2. The second-order valence-corrected chi connectivity index (χ2v) is 5.20. The van der Waals surface area contributed by atoms with E-state index < -0.39 is 48.0 Å². The van der Waals surface area contributed by atoms with Crippen LogP contribution in [0.3, 0.4) is 0 Å². The van der Waals surface area contributed by atoms with Gasteiger partial charge in [-0.1, -0.05) is 0 Å². The summed E-state index contributed by atoms with van der Waals surface area (Å²) in [6.07, 6.45) is -3.92. The normalized spacial score (nSPS) is 16.0. The molecule has 0 aromatic carbocycles. The Hall–Kier alpha value is -2.27. The van der Waals surface area contributed by atoms with E-state index in [4.69, 9.17) is 5.11 Å². The number of aliphatic hydroxyl groups is 4. The molecule has 0 radical (unpaired) electrons. The van der Waals surface area contributed by atoms with Gasteiger partial charge in [-0.3, -0.25) is 9.59 Å². The zero-order chi connectivity index (χ0) is 18.4. The van der Waals surface area contributed by atoms with E-state index in [1.165, 1.54) is 17.7 Å². The van der Waals surface area contributed by atoms with Crippen LogP contribution in [0.25, 0.3) is 0 Å². The maximum absolute atomic E-state index is 11.9. The molecule has 0 fully saturated rings. The number of aromatic hydroxyl groups is 1. The summed E-state index contributed by atoms with van der Waals surface area (Å²) in [6.45, 7) is 0.209. The molecule has 134 valence electrons. The van der Waals surface area contributed by atoms with Gasteiger partial charge in [0.2, 0.25) is 11.3 Å². The van der Waals surface area contributed by atoms with Crippen molar-refractivity contribution in [3.63, 3.8) is 0 Å². The highest BCUT2D eigenvalue weighted by molar-refractivity contribution is 5.79. The molecule has 1 aromatic heterocycles. The monoisotopic (exact) mass is 344 g/mol. The van der Waals surface area contributed by atoms with Gasteiger partial charge in [-0.2, -0.15) is 0 Å². The van der Waals surface area contributed by atoms with Crippen LogP contribution in [0.2, 0.25) is 0 Å². The summed E-state index contributed by atoms with van der Waals surface area (Å²) in [4.78, 5) is 34.2. The second kappa shape index (κ2) is 8.55. The Morgan fingerprint density at radius 3 is 2.50 bits per heavy atom. The van der Waals surface area contributed by atoms with Crippen LogP contribution in [0, 0.1) is 6.92 Å². The van der Waals surface area contributed by atoms with Gasteiger partial charge in [0.05, 0.1) is 12.3 Å². The average molecular weight is 344 g/mol. The fraction of sp³-hybridized carbons (Fsp3) is 0.500. The molecule has 1 aromatic rings. The lowest BCUT2D eigenvalue weighted by atomic mass is 10.0. The van der Waals surface area contributed by atoms with Crippen molar-refractivity contribution in [2.75, 3.05) is 6.61 Å². The van der Waals surface area contributed by atoms with Crippen molar-refractivity contribution in [3.8, 4) is 5.75 Å². The summed E-state index contributed by atoms with van der Waals surface area (Å²) in [5.41, 5.74) is -0.469. The third-order valence-electron chi connectivity index (χ3n) is 3.50. The summed E-state index contributed by atoms with van der Waals surface area (Å²) in [6, 6.07) is -0.467. The van der Waals surface area contributed by atoms with Gasteiger partial charge in [0.25, 0.3) is 0 Å². The SMILES string of the molecule is Cc1c(O)c(=O)ccn1CC(=O)N[C@@H](C=O)[C@@H](O)[C@H](O)[C@H](O)CO. The lowest BCUT2D eigenvalue weighted by Gasteiger charge is -2.26. The molecule has 0 saturated heterocycles. The van der Waals surface area contributed by atoms with Crippen LogP contribution in [0.1, 0.15) is 5.69 Å². The third-order valence-corrected chi connectivity index (χ3v) is 3.50. The highest BCUT2D eigenvalue weighted by atomic mass is 16.4. The molecule has 1 heterocycles. The predicted molar refractivity (Wildman–Crippen MR) is 80.2 cm³/mol. The van der Waals surface area contributed by atoms with Crippen molar-refractivity contribution in [1.82, 2.24) is 9.88 Å². The molecule has 0 unspecified atom stereocenters. The molecule has 0 aliphatic carbocycles. The summed E-state index contributed by atoms with van der Waals surface area (Å²) in [5.74, 6) is -1.26. The number of hydrogen-bond acceptors (Lipinski definition) is 8. The standard InChI is InChI=1S/C14H20N2O8/c1-7-12(22)9(19)2-3-16(7)4-11(21)15-8(5-17)13(23)14(24)10(20)6-18/h2-3,5,8,10,13-14,18,20,22-24H,4,6H2,1H3,(H,15,21)/t8-,10+,13+,14+/m0/s1. The lowest BCUT2D eigenvalue weighted by Crippen LogP contribution is -2.54. The van der Waals surface area contributed by atoms with Crippen LogP contribution in [0.15, 0.2) is 17.1 Å². The number of carbonyl (C=O) groups excluding carboxylic acids is 2. The zero-order valence-electron chi connectivity index (χ0n) is 12.9. The van der Waals surface area contributed by atoms with Crippen LogP contribution in [-0.2, 0) is 16.1 Å². The van der Waals surface area contributed by atoms with Crippen LogP contribution >= 0.6 is 0 Å². The fourth-order valence-electron chi connectivity index (χ4n) is 1.97. The first kappa shape index (κ1) is 19.8. The minimum Gasteiger partial charge on any atom is -0.503 e. The molecule has 10 nitrogen and oxygen atoms in total. The number of aromatic nitrogens is 1. The molecule has 0 bridgehead atoms.